The van der Waals surface area contributed by atoms with E-state index in [9.17, 15) is 9.90 Å². The number of hydrogen-bond acceptors (Lipinski definition) is 3. The molecule has 0 spiro atoms. The summed E-state index contributed by atoms with van der Waals surface area (Å²) in [5.74, 6) is 0.794. The van der Waals surface area contributed by atoms with E-state index in [1.54, 1.807) is 0 Å². The average molecular weight is 318 g/mol. The molecular formula is C20H30O3. The highest BCUT2D eigenvalue weighted by Crippen LogP contribution is 2.61. The first-order valence-electron chi connectivity index (χ1n) is 9.00. The van der Waals surface area contributed by atoms with Crippen LogP contribution in [0.15, 0.2) is 23.8 Å². The van der Waals surface area contributed by atoms with Crippen LogP contribution in [0.25, 0.3) is 0 Å². The fourth-order valence-corrected chi connectivity index (χ4v) is 5.65. The lowest BCUT2D eigenvalue weighted by Crippen LogP contribution is -2.49. The number of ether oxygens (including phenoxy) is 1. The summed E-state index contributed by atoms with van der Waals surface area (Å²) in [7, 11) is 0. The van der Waals surface area contributed by atoms with E-state index in [4.69, 9.17) is 4.74 Å². The van der Waals surface area contributed by atoms with Gasteiger partial charge < -0.3 is 9.84 Å². The van der Waals surface area contributed by atoms with Crippen molar-refractivity contribution >= 4 is 5.97 Å². The third-order valence-corrected chi connectivity index (χ3v) is 6.82. The fourth-order valence-electron chi connectivity index (χ4n) is 5.65. The molecule has 128 valence electrons. The molecule has 1 saturated heterocycles. The number of allylic oxidation sites excluding steroid dienone is 2. The number of hydrogen-bond donors (Lipinski definition) is 1. The second-order valence-corrected chi connectivity index (χ2v) is 8.68. The first-order valence-corrected chi connectivity index (χ1v) is 9.00. The SMILES string of the molecule is C=C1CC[C@@H]2C(C)(C)CCC[C@@]2(C)[C@@H]1C/C=C1\CC(O)OC1=O. The number of esters is 1. The average Bonchev–Trinajstić information content (AvgIpc) is 2.75. The van der Waals surface area contributed by atoms with Crippen molar-refractivity contribution in [3.8, 4) is 0 Å². The molecule has 1 unspecified atom stereocenters. The Morgan fingerprint density at radius 1 is 1.35 bits per heavy atom. The highest BCUT2D eigenvalue weighted by Gasteiger charge is 2.52. The minimum atomic E-state index is -0.958. The second kappa shape index (κ2) is 5.77. The third kappa shape index (κ3) is 2.88. The zero-order chi connectivity index (χ0) is 16.8. The number of carbonyl (C=O) groups is 1. The normalized spacial score (nSPS) is 41.7. The molecule has 1 N–H and O–H groups in total. The van der Waals surface area contributed by atoms with Gasteiger partial charge in [0.15, 0.2) is 0 Å². The monoisotopic (exact) mass is 318 g/mol. The molecule has 1 heterocycles. The maximum Gasteiger partial charge on any atom is 0.336 e. The van der Waals surface area contributed by atoms with Crippen molar-refractivity contribution < 1.29 is 14.6 Å². The summed E-state index contributed by atoms with van der Waals surface area (Å²) in [5, 5.41) is 9.46. The number of rotatable bonds is 2. The van der Waals surface area contributed by atoms with E-state index in [-0.39, 0.29) is 11.4 Å². The lowest BCUT2D eigenvalue weighted by Gasteiger charge is -2.58. The van der Waals surface area contributed by atoms with E-state index in [1.807, 2.05) is 6.08 Å². The van der Waals surface area contributed by atoms with E-state index in [0.717, 1.165) is 18.8 Å². The van der Waals surface area contributed by atoms with Gasteiger partial charge >= 0.3 is 5.97 Å². The van der Waals surface area contributed by atoms with E-state index in [2.05, 4.69) is 27.4 Å². The minimum Gasteiger partial charge on any atom is -0.432 e. The summed E-state index contributed by atoms with van der Waals surface area (Å²) in [6, 6.07) is 0. The molecule has 3 rings (SSSR count). The van der Waals surface area contributed by atoms with Crippen LogP contribution < -0.4 is 0 Å². The Morgan fingerprint density at radius 3 is 2.74 bits per heavy atom. The Morgan fingerprint density at radius 2 is 2.09 bits per heavy atom. The van der Waals surface area contributed by atoms with Crippen LogP contribution in [0.5, 0.6) is 0 Å². The van der Waals surface area contributed by atoms with Crippen molar-refractivity contribution in [1.82, 2.24) is 0 Å². The molecule has 2 saturated carbocycles. The van der Waals surface area contributed by atoms with Crippen LogP contribution >= 0.6 is 0 Å². The Bertz CT molecular complexity index is 545. The molecule has 2 aliphatic carbocycles. The number of fused-ring (bicyclic) bond motifs is 1. The maximum atomic E-state index is 11.7. The maximum absolute atomic E-state index is 11.7. The smallest absolute Gasteiger partial charge is 0.336 e. The predicted molar refractivity (Wildman–Crippen MR) is 90.5 cm³/mol. The molecule has 3 aliphatic rings. The lowest BCUT2D eigenvalue weighted by molar-refractivity contribution is -0.152. The van der Waals surface area contributed by atoms with Crippen molar-refractivity contribution in [3.05, 3.63) is 23.8 Å². The van der Waals surface area contributed by atoms with E-state index in [0.29, 0.717) is 23.3 Å². The third-order valence-electron chi connectivity index (χ3n) is 6.82. The van der Waals surface area contributed by atoms with Gasteiger partial charge in [0.2, 0.25) is 6.29 Å². The lowest BCUT2D eigenvalue weighted by atomic mass is 9.47. The molecule has 3 heteroatoms. The molecular weight excluding hydrogens is 288 g/mol. The summed E-state index contributed by atoms with van der Waals surface area (Å²) in [6.45, 7) is 11.6. The largest absolute Gasteiger partial charge is 0.432 e. The zero-order valence-electron chi connectivity index (χ0n) is 14.7. The number of cyclic esters (lactones) is 1. The van der Waals surface area contributed by atoms with Gasteiger partial charge in [0.05, 0.1) is 0 Å². The standard InChI is InChI=1S/C20H30O3/c1-13-6-9-16-19(2,3)10-5-11-20(16,4)15(13)8-7-14-12-17(21)23-18(14)22/h7,15-17,21H,1,5-6,8-12H2,2-4H3/b14-7+/t15-,16-,17?,20+/m1/s1. The Balaban J connectivity index is 1.83. The molecule has 0 aromatic carbocycles. The van der Waals surface area contributed by atoms with Gasteiger partial charge in [-0.05, 0) is 54.8 Å². The quantitative estimate of drug-likeness (QED) is 0.467. The van der Waals surface area contributed by atoms with Crippen LogP contribution in [0.2, 0.25) is 0 Å². The summed E-state index contributed by atoms with van der Waals surface area (Å²) in [6.07, 6.45) is 8.40. The number of carbonyl (C=O) groups excluding carboxylic acids is 1. The van der Waals surface area contributed by atoms with Gasteiger partial charge in [-0.3, -0.25) is 0 Å². The van der Waals surface area contributed by atoms with Gasteiger partial charge in [-0.2, -0.15) is 0 Å². The number of aliphatic hydroxyl groups is 1. The molecule has 0 bridgehead atoms. The second-order valence-electron chi connectivity index (χ2n) is 8.68. The van der Waals surface area contributed by atoms with Crippen molar-refractivity contribution in [2.45, 2.75) is 72.0 Å². The summed E-state index contributed by atoms with van der Waals surface area (Å²) in [5.41, 5.74) is 2.63. The Kier molecular flexibility index (Phi) is 4.20. The highest BCUT2D eigenvalue weighted by molar-refractivity contribution is 5.90. The molecule has 3 fully saturated rings. The van der Waals surface area contributed by atoms with Crippen molar-refractivity contribution in [2.24, 2.45) is 22.7 Å². The molecule has 1 aliphatic heterocycles. The summed E-state index contributed by atoms with van der Waals surface area (Å²) >= 11 is 0. The summed E-state index contributed by atoms with van der Waals surface area (Å²) in [4.78, 5) is 11.7. The number of aliphatic hydroxyl groups excluding tert-OH is 1. The Hall–Kier alpha value is -1.09. The van der Waals surface area contributed by atoms with Gasteiger partial charge in [0.1, 0.15) is 0 Å². The van der Waals surface area contributed by atoms with Gasteiger partial charge in [-0.15, -0.1) is 0 Å². The van der Waals surface area contributed by atoms with E-state index in [1.165, 1.54) is 31.3 Å². The van der Waals surface area contributed by atoms with Crippen LogP contribution in [-0.2, 0) is 9.53 Å². The minimum absolute atomic E-state index is 0.273. The van der Waals surface area contributed by atoms with Crippen LogP contribution in [-0.4, -0.2) is 17.4 Å². The van der Waals surface area contributed by atoms with Crippen LogP contribution in [0.1, 0.15) is 65.7 Å². The molecule has 0 amide bonds. The molecule has 0 aromatic heterocycles. The fraction of sp³-hybridized carbons (Fsp3) is 0.750. The summed E-state index contributed by atoms with van der Waals surface area (Å²) < 4.78 is 4.83. The molecule has 23 heavy (non-hydrogen) atoms. The van der Waals surface area contributed by atoms with Crippen LogP contribution in [0, 0.1) is 22.7 Å². The zero-order valence-corrected chi connectivity index (χ0v) is 14.7. The molecule has 0 aromatic rings. The van der Waals surface area contributed by atoms with Crippen LogP contribution in [0.3, 0.4) is 0 Å². The van der Waals surface area contributed by atoms with Gasteiger partial charge in [-0.25, -0.2) is 4.79 Å². The van der Waals surface area contributed by atoms with Gasteiger partial charge in [0, 0.05) is 12.0 Å². The van der Waals surface area contributed by atoms with Gasteiger partial charge in [0.25, 0.3) is 0 Å². The molecule has 0 radical (unpaired) electrons. The first kappa shape index (κ1) is 16.8. The highest BCUT2D eigenvalue weighted by atomic mass is 16.6. The van der Waals surface area contributed by atoms with Crippen molar-refractivity contribution in [1.29, 1.82) is 0 Å². The predicted octanol–water partition coefficient (Wildman–Crippen LogP) is 4.37. The Labute approximate surface area is 139 Å². The molecule has 3 nitrogen and oxygen atoms in total. The molecule has 4 atom stereocenters. The van der Waals surface area contributed by atoms with E-state index >= 15 is 0 Å². The van der Waals surface area contributed by atoms with Gasteiger partial charge in [-0.1, -0.05) is 45.4 Å². The topological polar surface area (TPSA) is 46.5 Å². The van der Waals surface area contributed by atoms with Crippen molar-refractivity contribution in [2.75, 3.05) is 0 Å². The van der Waals surface area contributed by atoms with Crippen LogP contribution in [0.4, 0.5) is 0 Å². The van der Waals surface area contributed by atoms with Crippen molar-refractivity contribution in [3.63, 3.8) is 0 Å². The van der Waals surface area contributed by atoms with E-state index < -0.39 is 6.29 Å². The first-order chi connectivity index (χ1) is 10.7.